The fraction of sp³-hybridized carbons (Fsp3) is 0.533. The van der Waals surface area contributed by atoms with E-state index < -0.39 is 10.5 Å². The molecule has 0 fully saturated rings. The van der Waals surface area contributed by atoms with Crippen molar-refractivity contribution in [1.29, 1.82) is 0 Å². The average molecular weight is 309 g/mol. The summed E-state index contributed by atoms with van der Waals surface area (Å²) in [7, 11) is 1.33. The Morgan fingerprint density at radius 2 is 2.14 bits per heavy atom. The largest absolute Gasteiger partial charge is 0.490 e. The summed E-state index contributed by atoms with van der Waals surface area (Å²) >= 11 is 0. The maximum Gasteiger partial charge on any atom is 0.310 e. The van der Waals surface area contributed by atoms with E-state index in [2.05, 4.69) is 19.2 Å². The molecular weight excluding hydrogens is 286 g/mol. The lowest BCUT2D eigenvalue weighted by atomic mass is 9.90. The number of nitrogens with one attached hydrogen (secondary N) is 1. The van der Waals surface area contributed by atoms with Crippen molar-refractivity contribution in [3.8, 4) is 5.75 Å². The lowest BCUT2D eigenvalue weighted by Crippen LogP contribution is -2.52. The van der Waals surface area contributed by atoms with Gasteiger partial charge >= 0.3 is 5.69 Å². The fourth-order valence-corrected chi connectivity index (χ4v) is 2.40. The van der Waals surface area contributed by atoms with Crippen molar-refractivity contribution in [2.45, 2.75) is 32.7 Å². The van der Waals surface area contributed by atoms with Crippen molar-refractivity contribution < 1.29 is 14.5 Å². The zero-order chi connectivity index (χ0) is 16.9. The van der Waals surface area contributed by atoms with E-state index in [0.29, 0.717) is 18.0 Å². The Morgan fingerprint density at radius 3 is 2.59 bits per heavy atom. The molecule has 0 spiro atoms. The quantitative estimate of drug-likeness (QED) is 0.592. The van der Waals surface area contributed by atoms with Crippen LogP contribution < -0.4 is 15.8 Å². The van der Waals surface area contributed by atoms with E-state index in [1.54, 1.807) is 0 Å². The maximum atomic E-state index is 12.4. The number of carbonyl (C=O) groups excluding carboxylic acids is 1. The predicted octanol–water partition coefficient (Wildman–Crippen LogP) is 2.10. The summed E-state index contributed by atoms with van der Waals surface area (Å²) in [6.45, 7) is 6.29. The minimum atomic E-state index is -0.552. The summed E-state index contributed by atoms with van der Waals surface area (Å²) in [5, 5.41) is 13.8. The summed E-state index contributed by atoms with van der Waals surface area (Å²) in [6, 6.07) is 4.03. The number of ether oxygens (including phenoxy) is 1. The molecule has 1 unspecified atom stereocenters. The van der Waals surface area contributed by atoms with Crippen LogP contribution in [0.4, 0.5) is 5.69 Å². The fourth-order valence-electron chi connectivity index (χ4n) is 2.40. The summed E-state index contributed by atoms with van der Waals surface area (Å²) in [5.74, 6) is 0.0954. The van der Waals surface area contributed by atoms with Gasteiger partial charge in [-0.3, -0.25) is 14.9 Å². The molecule has 0 aliphatic heterocycles. The molecule has 1 aromatic carbocycles. The molecule has 0 bridgehead atoms. The number of nitrogens with zero attached hydrogens (tertiary/aromatic N) is 1. The average Bonchev–Trinajstić information content (AvgIpc) is 2.45. The van der Waals surface area contributed by atoms with Crippen LogP contribution >= 0.6 is 0 Å². The van der Waals surface area contributed by atoms with Crippen LogP contribution in [-0.4, -0.2) is 30.0 Å². The van der Waals surface area contributed by atoms with Crippen LogP contribution in [-0.2, 0) is 0 Å². The molecule has 0 saturated carbocycles. The second-order valence-corrected chi connectivity index (χ2v) is 5.96. The van der Waals surface area contributed by atoms with Gasteiger partial charge in [-0.2, -0.15) is 0 Å². The van der Waals surface area contributed by atoms with E-state index in [1.165, 1.54) is 25.3 Å². The Bertz CT molecular complexity index is 560. The van der Waals surface area contributed by atoms with Gasteiger partial charge in [-0.25, -0.2) is 0 Å². The van der Waals surface area contributed by atoms with Gasteiger partial charge in [-0.1, -0.05) is 13.8 Å². The topological polar surface area (TPSA) is 107 Å². The first-order valence-electron chi connectivity index (χ1n) is 7.07. The molecular formula is C15H23N3O4. The first-order valence-corrected chi connectivity index (χ1v) is 7.07. The van der Waals surface area contributed by atoms with Gasteiger partial charge in [0.05, 0.1) is 12.0 Å². The molecule has 1 rings (SSSR count). The van der Waals surface area contributed by atoms with Crippen molar-refractivity contribution in [2.24, 2.45) is 11.7 Å². The standard InChI is InChI=1S/C15H23N3O4/c1-10(2)8-15(3,9-16)17-14(19)11-5-6-12(18(20)21)13(7-11)22-4/h5-7,10H,8-9,16H2,1-4H3,(H,17,19). The Kier molecular flexibility index (Phi) is 5.87. The Labute approximate surface area is 130 Å². The normalized spacial score (nSPS) is 13.5. The SMILES string of the molecule is COc1cc(C(=O)NC(C)(CN)CC(C)C)ccc1[N+](=O)[O-]. The maximum absolute atomic E-state index is 12.4. The van der Waals surface area contributed by atoms with Gasteiger partial charge in [0.2, 0.25) is 0 Å². The molecule has 0 radical (unpaired) electrons. The van der Waals surface area contributed by atoms with Crippen molar-refractivity contribution in [1.82, 2.24) is 5.32 Å². The predicted molar refractivity (Wildman–Crippen MR) is 84.0 cm³/mol. The highest BCUT2D eigenvalue weighted by molar-refractivity contribution is 5.95. The van der Waals surface area contributed by atoms with Crippen LogP contribution in [0.5, 0.6) is 5.75 Å². The number of hydrogen-bond donors (Lipinski definition) is 2. The van der Waals surface area contributed by atoms with E-state index in [1.807, 2.05) is 6.92 Å². The minimum absolute atomic E-state index is 0.0518. The Balaban J connectivity index is 3.00. The van der Waals surface area contributed by atoms with Crippen LogP contribution in [0.15, 0.2) is 18.2 Å². The highest BCUT2D eigenvalue weighted by Crippen LogP contribution is 2.27. The number of methoxy groups -OCH3 is 1. The monoisotopic (exact) mass is 309 g/mol. The third kappa shape index (κ3) is 4.42. The zero-order valence-corrected chi connectivity index (χ0v) is 13.4. The summed E-state index contributed by atoms with van der Waals surface area (Å²) in [4.78, 5) is 22.7. The summed E-state index contributed by atoms with van der Waals surface area (Å²) < 4.78 is 4.97. The minimum Gasteiger partial charge on any atom is -0.490 e. The van der Waals surface area contributed by atoms with Crippen molar-refractivity contribution in [3.05, 3.63) is 33.9 Å². The lowest BCUT2D eigenvalue weighted by molar-refractivity contribution is -0.385. The highest BCUT2D eigenvalue weighted by atomic mass is 16.6. The van der Waals surface area contributed by atoms with Gasteiger partial charge < -0.3 is 15.8 Å². The molecule has 22 heavy (non-hydrogen) atoms. The second-order valence-electron chi connectivity index (χ2n) is 5.96. The third-order valence-corrected chi connectivity index (χ3v) is 3.36. The van der Waals surface area contributed by atoms with Crippen LogP contribution in [0, 0.1) is 16.0 Å². The van der Waals surface area contributed by atoms with E-state index in [9.17, 15) is 14.9 Å². The van der Waals surface area contributed by atoms with Crippen LogP contribution in [0.1, 0.15) is 37.6 Å². The lowest BCUT2D eigenvalue weighted by Gasteiger charge is -2.31. The number of rotatable bonds is 7. The van der Waals surface area contributed by atoms with Gasteiger partial charge in [-0.15, -0.1) is 0 Å². The number of benzene rings is 1. The van der Waals surface area contributed by atoms with Gasteiger partial charge in [0.25, 0.3) is 5.91 Å². The molecule has 1 amide bonds. The molecule has 7 nitrogen and oxygen atoms in total. The molecule has 1 aromatic rings. The van der Waals surface area contributed by atoms with Crippen LogP contribution in [0.25, 0.3) is 0 Å². The zero-order valence-electron chi connectivity index (χ0n) is 13.4. The third-order valence-electron chi connectivity index (χ3n) is 3.36. The van der Waals surface area contributed by atoms with Gasteiger partial charge in [0.1, 0.15) is 0 Å². The molecule has 1 atom stereocenters. The molecule has 0 heterocycles. The number of nitro benzene ring substituents is 1. The van der Waals surface area contributed by atoms with Crippen LogP contribution in [0.3, 0.4) is 0 Å². The smallest absolute Gasteiger partial charge is 0.310 e. The van der Waals surface area contributed by atoms with Crippen LogP contribution in [0.2, 0.25) is 0 Å². The first-order chi connectivity index (χ1) is 10.2. The molecule has 3 N–H and O–H groups in total. The summed E-state index contributed by atoms with van der Waals surface area (Å²) in [6.07, 6.45) is 0.735. The van der Waals surface area contributed by atoms with E-state index >= 15 is 0 Å². The van der Waals surface area contributed by atoms with Crippen molar-refractivity contribution in [3.63, 3.8) is 0 Å². The van der Waals surface area contributed by atoms with E-state index in [-0.39, 0.29) is 17.3 Å². The van der Waals surface area contributed by atoms with Crippen molar-refractivity contribution in [2.75, 3.05) is 13.7 Å². The first kappa shape index (κ1) is 17.9. The molecule has 122 valence electrons. The number of hydrogen-bond acceptors (Lipinski definition) is 5. The van der Waals surface area contributed by atoms with E-state index in [0.717, 1.165) is 6.42 Å². The Morgan fingerprint density at radius 1 is 1.50 bits per heavy atom. The summed E-state index contributed by atoms with van der Waals surface area (Å²) in [5.41, 5.74) is 5.36. The van der Waals surface area contributed by atoms with Gasteiger partial charge in [-0.05, 0) is 25.3 Å². The van der Waals surface area contributed by atoms with E-state index in [4.69, 9.17) is 10.5 Å². The molecule has 0 aliphatic rings. The Hall–Kier alpha value is -2.15. The second kappa shape index (κ2) is 7.22. The number of carbonyl (C=O) groups is 1. The molecule has 7 heteroatoms. The highest BCUT2D eigenvalue weighted by Gasteiger charge is 2.27. The van der Waals surface area contributed by atoms with Gasteiger partial charge in [0, 0.05) is 29.8 Å². The number of nitrogens with two attached hydrogens (primary N) is 1. The van der Waals surface area contributed by atoms with Crippen molar-refractivity contribution >= 4 is 11.6 Å². The molecule has 0 saturated heterocycles. The van der Waals surface area contributed by atoms with Gasteiger partial charge in [0.15, 0.2) is 5.75 Å². The molecule has 0 aliphatic carbocycles. The molecule has 0 aromatic heterocycles. The number of amides is 1. The number of nitro groups is 1.